The molecule has 7 nitrogen and oxygen atoms in total. The van der Waals surface area contributed by atoms with Gasteiger partial charge < -0.3 is 5.32 Å². The minimum atomic E-state index is -3.73. The molecular weight excluding hydrogens is 460 g/mol. The lowest BCUT2D eigenvalue weighted by molar-refractivity contribution is 0.102. The molecule has 9 heteroatoms. The molecule has 0 radical (unpaired) electrons. The molecule has 1 amide bonds. The molecule has 0 aliphatic carbocycles. The van der Waals surface area contributed by atoms with Gasteiger partial charge in [0, 0.05) is 25.7 Å². The maximum absolute atomic E-state index is 13.2. The van der Waals surface area contributed by atoms with E-state index in [4.69, 9.17) is 11.6 Å². The normalized spacial score (nSPS) is 11.5. The molecule has 0 aliphatic rings. The van der Waals surface area contributed by atoms with Crippen molar-refractivity contribution in [3.05, 3.63) is 95.5 Å². The zero-order valence-electron chi connectivity index (χ0n) is 17.9. The van der Waals surface area contributed by atoms with E-state index in [1.807, 2.05) is 60.7 Å². The maximum Gasteiger partial charge on any atom is 0.258 e. The average molecular weight is 481 g/mol. The van der Waals surface area contributed by atoms with Crippen molar-refractivity contribution < 1.29 is 13.2 Å². The molecule has 0 bridgehead atoms. The Morgan fingerprint density at radius 2 is 1.58 bits per heavy atom. The number of nitrogens with zero attached hydrogens (tertiary/aromatic N) is 3. The van der Waals surface area contributed by atoms with E-state index >= 15 is 0 Å². The van der Waals surface area contributed by atoms with Crippen LogP contribution in [-0.2, 0) is 10.0 Å². The van der Waals surface area contributed by atoms with E-state index in [2.05, 4.69) is 10.4 Å². The first-order valence-corrected chi connectivity index (χ1v) is 11.8. The van der Waals surface area contributed by atoms with E-state index in [0.29, 0.717) is 11.5 Å². The minimum absolute atomic E-state index is 0.0245. The molecule has 1 heterocycles. The number of amides is 1. The molecule has 0 aliphatic heterocycles. The van der Waals surface area contributed by atoms with Gasteiger partial charge in [-0.25, -0.2) is 17.4 Å². The van der Waals surface area contributed by atoms with Gasteiger partial charge >= 0.3 is 0 Å². The van der Waals surface area contributed by atoms with Crippen LogP contribution in [0.1, 0.15) is 10.4 Å². The summed E-state index contributed by atoms with van der Waals surface area (Å²) < 4.78 is 27.7. The zero-order chi connectivity index (χ0) is 23.6. The molecule has 33 heavy (non-hydrogen) atoms. The fourth-order valence-electron chi connectivity index (χ4n) is 3.22. The van der Waals surface area contributed by atoms with Crippen LogP contribution in [0.15, 0.2) is 89.8 Å². The molecule has 0 saturated heterocycles. The molecular formula is C24H21ClN4O3S. The number of sulfonamides is 1. The van der Waals surface area contributed by atoms with Gasteiger partial charge in [-0.1, -0.05) is 60.1 Å². The zero-order valence-corrected chi connectivity index (χ0v) is 19.5. The van der Waals surface area contributed by atoms with E-state index < -0.39 is 15.9 Å². The van der Waals surface area contributed by atoms with Crippen molar-refractivity contribution in [3.8, 4) is 16.9 Å². The van der Waals surface area contributed by atoms with Crippen LogP contribution in [0.3, 0.4) is 0 Å². The molecule has 0 saturated carbocycles. The molecule has 1 aromatic heterocycles. The van der Waals surface area contributed by atoms with Gasteiger partial charge in [0.2, 0.25) is 10.0 Å². The van der Waals surface area contributed by atoms with Gasteiger partial charge in [0.1, 0.15) is 5.82 Å². The Kier molecular flexibility index (Phi) is 6.33. The first-order chi connectivity index (χ1) is 15.8. The molecule has 0 atom stereocenters. The largest absolute Gasteiger partial charge is 0.306 e. The van der Waals surface area contributed by atoms with Crippen LogP contribution >= 0.6 is 11.6 Å². The molecule has 4 rings (SSSR count). The summed E-state index contributed by atoms with van der Waals surface area (Å²) in [7, 11) is -0.881. The van der Waals surface area contributed by atoms with Crippen LogP contribution in [0, 0.1) is 0 Å². The smallest absolute Gasteiger partial charge is 0.258 e. The Labute approximate surface area is 197 Å². The maximum atomic E-state index is 13.2. The molecule has 4 aromatic rings. The van der Waals surface area contributed by atoms with Crippen LogP contribution in [0.2, 0.25) is 5.02 Å². The van der Waals surface area contributed by atoms with Gasteiger partial charge in [-0.3, -0.25) is 4.79 Å². The van der Waals surface area contributed by atoms with Crippen molar-refractivity contribution in [1.29, 1.82) is 0 Å². The number of carbonyl (C=O) groups is 1. The molecule has 0 spiro atoms. The van der Waals surface area contributed by atoms with Gasteiger partial charge in [0.05, 0.1) is 26.9 Å². The number of para-hydroxylation sites is 1. The lowest BCUT2D eigenvalue weighted by Gasteiger charge is -2.13. The fourth-order valence-corrected chi connectivity index (χ4v) is 4.35. The van der Waals surface area contributed by atoms with Crippen LogP contribution in [0.5, 0.6) is 0 Å². The third-order valence-electron chi connectivity index (χ3n) is 4.98. The Balaban J connectivity index is 1.75. The second-order valence-corrected chi connectivity index (χ2v) is 9.97. The summed E-state index contributed by atoms with van der Waals surface area (Å²) >= 11 is 6.25. The Hall–Kier alpha value is -3.46. The number of hydrogen-bond donors (Lipinski definition) is 1. The molecule has 3 aromatic carbocycles. The summed E-state index contributed by atoms with van der Waals surface area (Å²) in [5.41, 5.74) is 2.36. The molecule has 1 N–H and O–H groups in total. The number of anilines is 1. The highest BCUT2D eigenvalue weighted by molar-refractivity contribution is 7.89. The van der Waals surface area contributed by atoms with Crippen molar-refractivity contribution in [3.63, 3.8) is 0 Å². The number of nitrogens with one attached hydrogen (secondary N) is 1. The minimum Gasteiger partial charge on any atom is -0.306 e. The van der Waals surface area contributed by atoms with E-state index in [-0.39, 0.29) is 15.5 Å². The number of carbonyl (C=O) groups excluding carboxylic acids is 1. The summed E-state index contributed by atoms with van der Waals surface area (Å²) in [4.78, 5) is 13.1. The number of hydrogen-bond acceptors (Lipinski definition) is 4. The first kappa shape index (κ1) is 22.7. The predicted molar refractivity (Wildman–Crippen MR) is 129 cm³/mol. The average Bonchev–Trinajstić information content (AvgIpc) is 3.24. The lowest BCUT2D eigenvalue weighted by atomic mass is 10.1. The SMILES string of the molecule is CN(C)S(=O)(=O)c1ccc(Cl)c(C(=O)Nc2cc(-c3ccccc3)nn2-c2ccccc2)c1. The molecule has 168 valence electrons. The van der Waals surface area contributed by atoms with Crippen molar-refractivity contribution in [2.45, 2.75) is 4.90 Å². The topological polar surface area (TPSA) is 84.3 Å². The van der Waals surface area contributed by atoms with E-state index in [9.17, 15) is 13.2 Å². The Morgan fingerprint density at radius 3 is 2.21 bits per heavy atom. The molecule has 0 fully saturated rings. The fraction of sp³-hybridized carbons (Fsp3) is 0.0833. The first-order valence-electron chi connectivity index (χ1n) is 10.0. The quantitative estimate of drug-likeness (QED) is 0.433. The van der Waals surface area contributed by atoms with Crippen LogP contribution in [0.4, 0.5) is 5.82 Å². The number of rotatable bonds is 6. The number of halogens is 1. The summed E-state index contributed by atoms with van der Waals surface area (Å²) in [5, 5.41) is 7.64. The van der Waals surface area contributed by atoms with Crippen LogP contribution < -0.4 is 5.32 Å². The van der Waals surface area contributed by atoms with Gasteiger partial charge in [0.25, 0.3) is 5.91 Å². The highest BCUT2D eigenvalue weighted by Gasteiger charge is 2.22. The van der Waals surface area contributed by atoms with Gasteiger partial charge in [-0.15, -0.1) is 0 Å². The highest BCUT2D eigenvalue weighted by atomic mass is 35.5. The number of benzene rings is 3. The summed E-state index contributed by atoms with van der Waals surface area (Å²) in [6.07, 6.45) is 0. The third-order valence-corrected chi connectivity index (χ3v) is 7.12. The Morgan fingerprint density at radius 1 is 0.939 bits per heavy atom. The van der Waals surface area contributed by atoms with Gasteiger partial charge in [-0.2, -0.15) is 5.10 Å². The van der Waals surface area contributed by atoms with E-state index in [0.717, 1.165) is 15.6 Å². The number of aromatic nitrogens is 2. The molecule has 0 unspecified atom stereocenters. The highest BCUT2D eigenvalue weighted by Crippen LogP contribution is 2.27. The summed E-state index contributed by atoms with van der Waals surface area (Å²) in [6.45, 7) is 0. The second kappa shape index (κ2) is 9.19. The summed E-state index contributed by atoms with van der Waals surface area (Å²) in [5.74, 6) is -0.130. The standard InChI is InChI=1S/C24H21ClN4O3S/c1-28(2)33(31,32)19-13-14-21(25)20(15-19)24(30)26-23-16-22(17-9-5-3-6-10-17)27-29(23)18-11-7-4-8-12-18/h3-16H,1-2H3,(H,26,30). The predicted octanol–water partition coefficient (Wildman–Crippen LogP) is 4.70. The summed E-state index contributed by atoms with van der Waals surface area (Å²) in [6, 6.07) is 24.8. The Bertz CT molecular complexity index is 1400. The van der Waals surface area contributed by atoms with Gasteiger partial charge in [0.15, 0.2) is 0 Å². The lowest BCUT2D eigenvalue weighted by Crippen LogP contribution is -2.23. The van der Waals surface area contributed by atoms with Crippen molar-refractivity contribution >= 4 is 33.3 Å². The third kappa shape index (κ3) is 4.68. The van der Waals surface area contributed by atoms with Crippen molar-refractivity contribution in [2.24, 2.45) is 0 Å². The second-order valence-electron chi connectivity index (χ2n) is 7.41. The van der Waals surface area contributed by atoms with Crippen molar-refractivity contribution in [2.75, 3.05) is 19.4 Å². The van der Waals surface area contributed by atoms with E-state index in [1.165, 1.54) is 32.3 Å². The monoisotopic (exact) mass is 480 g/mol. The van der Waals surface area contributed by atoms with Gasteiger partial charge in [-0.05, 0) is 30.3 Å². The van der Waals surface area contributed by atoms with Crippen LogP contribution in [0.25, 0.3) is 16.9 Å². The van der Waals surface area contributed by atoms with E-state index in [1.54, 1.807) is 10.7 Å². The van der Waals surface area contributed by atoms with Crippen molar-refractivity contribution in [1.82, 2.24) is 14.1 Å². The van der Waals surface area contributed by atoms with Crippen LogP contribution in [-0.4, -0.2) is 42.5 Å².